The molecule has 1 aliphatic rings. The van der Waals surface area contributed by atoms with Gasteiger partial charge in [-0.15, -0.1) is 11.3 Å². The molecule has 1 aromatic carbocycles. The number of rotatable bonds is 5. The summed E-state index contributed by atoms with van der Waals surface area (Å²) < 4.78 is 5.03. The van der Waals surface area contributed by atoms with Crippen molar-refractivity contribution < 1.29 is 4.52 Å². The van der Waals surface area contributed by atoms with Crippen molar-refractivity contribution in [2.45, 2.75) is 32.2 Å². The van der Waals surface area contributed by atoms with Crippen LogP contribution in [0.2, 0.25) is 0 Å². The number of anilines is 1. The zero-order valence-electron chi connectivity index (χ0n) is 12.2. The minimum absolute atomic E-state index is 0.573. The Morgan fingerprint density at radius 1 is 1.32 bits per heavy atom. The molecule has 6 heteroatoms. The fraction of sp³-hybridized carbons (Fsp3) is 0.312. The van der Waals surface area contributed by atoms with E-state index in [0.717, 1.165) is 29.4 Å². The number of aryl methyl sites for hydroxylation is 1. The quantitative estimate of drug-likeness (QED) is 0.771. The van der Waals surface area contributed by atoms with Crippen LogP contribution in [0.5, 0.6) is 0 Å². The Hall–Kier alpha value is -2.21. The molecule has 0 bridgehead atoms. The first-order chi connectivity index (χ1) is 10.8. The Morgan fingerprint density at radius 3 is 3.00 bits per heavy atom. The molecule has 0 amide bonds. The van der Waals surface area contributed by atoms with E-state index in [0.29, 0.717) is 11.7 Å². The Balaban J connectivity index is 1.45. The van der Waals surface area contributed by atoms with Crippen LogP contribution in [0, 0.1) is 6.92 Å². The van der Waals surface area contributed by atoms with Gasteiger partial charge in [0.25, 0.3) is 0 Å². The lowest BCUT2D eigenvalue weighted by molar-refractivity contribution is 0.394. The molecule has 0 saturated heterocycles. The molecule has 1 N–H and O–H groups in total. The third-order valence-electron chi connectivity index (χ3n) is 3.62. The summed E-state index contributed by atoms with van der Waals surface area (Å²) in [5, 5.41) is 10.8. The van der Waals surface area contributed by atoms with Crippen LogP contribution >= 0.6 is 11.3 Å². The molecule has 0 spiro atoms. The van der Waals surface area contributed by atoms with E-state index in [1.54, 1.807) is 18.3 Å². The average Bonchev–Trinajstić information content (AvgIpc) is 3.12. The van der Waals surface area contributed by atoms with Gasteiger partial charge in [0.2, 0.25) is 11.7 Å². The fourth-order valence-electron chi connectivity index (χ4n) is 2.30. The Kier molecular flexibility index (Phi) is 3.38. The summed E-state index contributed by atoms with van der Waals surface area (Å²) >= 11 is 1.77. The molecule has 0 aliphatic heterocycles. The Morgan fingerprint density at radius 2 is 2.23 bits per heavy atom. The molecule has 3 aromatic rings. The zero-order chi connectivity index (χ0) is 14.9. The predicted octanol–water partition coefficient (Wildman–Crippen LogP) is 3.99. The molecule has 2 aromatic heterocycles. The maximum atomic E-state index is 5.03. The van der Waals surface area contributed by atoms with Gasteiger partial charge < -0.3 is 9.84 Å². The monoisotopic (exact) mass is 312 g/mol. The molecule has 5 nitrogen and oxygen atoms in total. The average molecular weight is 312 g/mol. The second-order valence-electron chi connectivity index (χ2n) is 5.52. The van der Waals surface area contributed by atoms with Gasteiger partial charge >= 0.3 is 0 Å². The van der Waals surface area contributed by atoms with E-state index in [2.05, 4.69) is 25.8 Å². The van der Waals surface area contributed by atoms with Crippen LogP contribution in [-0.4, -0.2) is 15.1 Å². The number of nitrogens with zero attached hydrogens (tertiary/aromatic N) is 3. The standard InChI is InChI=1S/C16H16N4OS/c1-10-18-15(20-21-10)12-3-2-4-13(7-12)17-8-14-9-22-16(19-14)11-5-6-11/h2-4,7,9,11,17H,5-6,8H2,1H3. The van der Waals surface area contributed by atoms with E-state index in [1.165, 1.54) is 17.8 Å². The smallest absolute Gasteiger partial charge is 0.223 e. The number of thiazole rings is 1. The minimum atomic E-state index is 0.573. The van der Waals surface area contributed by atoms with Gasteiger partial charge in [0.15, 0.2) is 0 Å². The van der Waals surface area contributed by atoms with E-state index in [-0.39, 0.29) is 0 Å². The van der Waals surface area contributed by atoms with Crippen molar-refractivity contribution in [2.75, 3.05) is 5.32 Å². The topological polar surface area (TPSA) is 63.8 Å². The first kappa shape index (κ1) is 13.5. The van der Waals surface area contributed by atoms with E-state index >= 15 is 0 Å². The van der Waals surface area contributed by atoms with Gasteiger partial charge in [0.1, 0.15) is 0 Å². The van der Waals surface area contributed by atoms with Crippen LogP contribution in [-0.2, 0) is 6.54 Å². The molecular formula is C16H16N4OS. The molecule has 2 heterocycles. The van der Waals surface area contributed by atoms with E-state index in [9.17, 15) is 0 Å². The van der Waals surface area contributed by atoms with Crippen molar-refractivity contribution in [1.82, 2.24) is 15.1 Å². The number of aromatic nitrogens is 3. The summed E-state index contributed by atoms with van der Waals surface area (Å²) in [4.78, 5) is 8.94. The highest BCUT2D eigenvalue weighted by Crippen LogP contribution is 2.41. The maximum Gasteiger partial charge on any atom is 0.223 e. The SMILES string of the molecule is Cc1nc(-c2cccc(NCc3csc(C4CC4)n3)c2)no1. The third-order valence-corrected chi connectivity index (χ3v) is 4.67. The predicted molar refractivity (Wildman–Crippen MR) is 85.9 cm³/mol. The second kappa shape index (κ2) is 5.53. The first-order valence-electron chi connectivity index (χ1n) is 7.37. The lowest BCUT2D eigenvalue weighted by atomic mass is 10.2. The number of hydrogen-bond donors (Lipinski definition) is 1. The van der Waals surface area contributed by atoms with Crippen molar-refractivity contribution >= 4 is 17.0 Å². The number of benzene rings is 1. The molecule has 0 radical (unpaired) electrons. The van der Waals surface area contributed by atoms with Gasteiger partial charge in [-0.25, -0.2) is 4.98 Å². The van der Waals surface area contributed by atoms with Gasteiger partial charge in [-0.1, -0.05) is 17.3 Å². The summed E-state index contributed by atoms with van der Waals surface area (Å²) in [7, 11) is 0. The Labute approximate surface area is 132 Å². The van der Waals surface area contributed by atoms with Crippen LogP contribution in [0.4, 0.5) is 5.69 Å². The van der Waals surface area contributed by atoms with Crippen molar-refractivity contribution in [3.8, 4) is 11.4 Å². The highest BCUT2D eigenvalue weighted by Gasteiger charge is 2.26. The summed E-state index contributed by atoms with van der Waals surface area (Å²) in [5.41, 5.74) is 3.08. The second-order valence-corrected chi connectivity index (χ2v) is 6.41. The highest BCUT2D eigenvalue weighted by molar-refractivity contribution is 7.09. The number of hydrogen-bond acceptors (Lipinski definition) is 6. The Bertz CT molecular complexity index is 791. The van der Waals surface area contributed by atoms with Crippen molar-refractivity contribution in [1.29, 1.82) is 0 Å². The molecular weight excluding hydrogens is 296 g/mol. The van der Waals surface area contributed by atoms with Crippen LogP contribution in [0.3, 0.4) is 0 Å². The lowest BCUT2D eigenvalue weighted by Gasteiger charge is -2.05. The number of nitrogens with one attached hydrogen (secondary N) is 1. The summed E-state index contributed by atoms with van der Waals surface area (Å²) in [5.74, 6) is 1.91. The third kappa shape index (κ3) is 2.87. The molecule has 1 fully saturated rings. The molecule has 0 unspecified atom stereocenters. The van der Waals surface area contributed by atoms with Gasteiger partial charge in [0, 0.05) is 29.5 Å². The van der Waals surface area contributed by atoms with Crippen LogP contribution in [0.15, 0.2) is 34.2 Å². The maximum absolute atomic E-state index is 5.03. The van der Waals surface area contributed by atoms with Gasteiger partial charge in [-0.2, -0.15) is 4.98 Å². The molecule has 1 aliphatic carbocycles. The molecule has 0 atom stereocenters. The van der Waals surface area contributed by atoms with E-state index < -0.39 is 0 Å². The molecule has 112 valence electrons. The highest BCUT2D eigenvalue weighted by atomic mass is 32.1. The van der Waals surface area contributed by atoms with Gasteiger partial charge in [0.05, 0.1) is 17.2 Å². The molecule has 4 rings (SSSR count). The lowest BCUT2D eigenvalue weighted by Crippen LogP contribution is -2.00. The van der Waals surface area contributed by atoms with Gasteiger partial charge in [-0.3, -0.25) is 0 Å². The van der Waals surface area contributed by atoms with Crippen LogP contribution < -0.4 is 5.32 Å². The van der Waals surface area contributed by atoms with Crippen molar-refractivity contribution in [3.63, 3.8) is 0 Å². The zero-order valence-corrected chi connectivity index (χ0v) is 13.1. The molecule has 22 heavy (non-hydrogen) atoms. The van der Waals surface area contributed by atoms with Crippen LogP contribution in [0.25, 0.3) is 11.4 Å². The van der Waals surface area contributed by atoms with E-state index in [1.807, 2.05) is 24.3 Å². The summed E-state index contributed by atoms with van der Waals surface area (Å²) in [6.07, 6.45) is 2.60. The first-order valence-corrected chi connectivity index (χ1v) is 8.25. The largest absolute Gasteiger partial charge is 0.379 e. The van der Waals surface area contributed by atoms with E-state index in [4.69, 9.17) is 4.52 Å². The molecule has 1 saturated carbocycles. The fourth-order valence-corrected chi connectivity index (χ4v) is 3.29. The normalized spacial score (nSPS) is 14.2. The van der Waals surface area contributed by atoms with Crippen molar-refractivity contribution in [3.05, 3.63) is 46.2 Å². The summed E-state index contributed by atoms with van der Waals surface area (Å²) in [6.45, 7) is 2.52. The van der Waals surface area contributed by atoms with Crippen LogP contribution in [0.1, 0.15) is 35.4 Å². The minimum Gasteiger partial charge on any atom is -0.379 e. The van der Waals surface area contributed by atoms with Gasteiger partial charge in [-0.05, 0) is 25.0 Å². The van der Waals surface area contributed by atoms with Crippen molar-refractivity contribution in [2.24, 2.45) is 0 Å². The summed E-state index contributed by atoms with van der Waals surface area (Å²) in [6, 6.07) is 8.02.